The maximum absolute atomic E-state index is 11.7. The minimum absolute atomic E-state index is 0.0376. The summed E-state index contributed by atoms with van der Waals surface area (Å²) in [5, 5.41) is 0. The van der Waals surface area contributed by atoms with E-state index in [0.29, 0.717) is 5.69 Å². The molecule has 0 aliphatic heterocycles. The van der Waals surface area contributed by atoms with Crippen LogP contribution >= 0.6 is 0 Å². The SMILES string of the molecule is CNS(=O)(=O)c1ccc(N(CC(N)=O)CC(N)=O)c(N)c1. The average molecular weight is 315 g/mol. The Morgan fingerprint density at radius 1 is 1.19 bits per heavy atom. The number of primary amides is 2. The highest BCUT2D eigenvalue weighted by Gasteiger charge is 2.18. The van der Waals surface area contributed by atoms with Gasteiger partial charge in [-0.3, -0.25) is 9.59 Å². The lowest BCUT2D eigenvalue weighted by atomic mass is 10.2. The number of rotatable bonds is 7. The minimum Gasteiger partial charge on any atom is -0.397 e. The van der Waals surface area contributed by atoms with Crippen LogP contribution in [0.2, 0.25) is 0 Å². The molecule has 1 rings (SSSR count). The van der Waals surface area contributed by atoms with E-state index in [-0.39, 0.29) is 23.7 Å². The smallest absolute Gasteiger partial charge is 0.240 e. The zero-order chi connectivity index (χ0) is 16.2. The van der Waals surface area contributed by atoms with E-state index in [4.69, 9.17) is 17.2 Å². The fraction of sp³-hybridized carbons (Fsp3) is 0.273. The van der Waals surface area contributed by atoms with Crippen LogP contribution in [0.5, 0.6) is 0 Å². The van der Waals surface area contributed by atoms with Gasteiger partial charge in [0.2, 0.25) is 21.8 Å². The third kappa shape index (κ3) is 4.33. The lowest BCUT2D eigenvalue weighted by Crippen LogP contribution is -2.40. The van der Waals surface area contributed by atoms with Crippen LogP contribution in [-0.2, 0) is 19.6 Å². The minimum atomic E-state index is -3.64. The predicted octanol–water partition coefficient (Wildman–Crippen LogP) is -2.05. The molecule has 0 aliphatic rings. The normalized spacial score (nSPS) is 11.1. The molecule has 0 bridgehead atoms. The maximum atomic E-state index is 11.7. The molecule has 0 heterocycles. The van der Waals surface area contributed by atoms with Crippen molar-refractivity contribution >= 4 is 33.2 Å². The molecule has 1 aromatic carbocycles. The summed E-state index contributed by atoms with van der Waals surface area (Å²) in [4.78, 5) is 23.3. The van der Waals surface area contributed by atoms with Crippen LogP contribution in [0.15, 0.2) is 23.1 Å². The number of benzene rings is 1. The number of nitrogens with zero attached hydrogens (tertiary/aromatic N) is 1. The molecule has 0 aromatic heterocycles. The van der Waals surface area contributed by atoms with E-state index in [9.17, 15) is 18.0 Å². The van der Waals surface area contributed by atoms with E-state index in [1.165, 1.54) is 30.1 Å². The second kappa shape index (κ2) is 6.41. The van der Waals surface area contributed by atoms with E-state index in [2.05, 4.69) is 4.72 Å². The largest absolute Gasteiger partial charge is 0.397 e. The first kappa shape index (κ1) is 16.7. The van der Waals surface area contributed by atoms with Gasteiger partial charge >= 0.3 is 0 Å². The molecule has 0 spiro atoms. The van der Waals surface area contributed by atoms with Gasteiger partial charge in [0.1, 0.15) is 0 Å². The maximum Gasteiger partial charge on any atom is 0.240 e. The molecular formula is C11H17N5O4S. The van der Waals surface area contributed by atoms with E-state index >= 15 is 0 Å². The molecule has 116 valence electrons. The van der Waals surface area contributed by atoms with E-state index in [1.54, 1.807) is 0 Å². The highest BCUT2D eigenvalue weighted by atomic mass is 32.2. The van der Waals surface area contributed by atoms with Crippen LogP contribution in [0.3, 0.4) is 0 Å². The molecular weight excluding hydrogens is 298 g/mol. The molecule has 0 saturated carbocycles. The van der Waals surface area contributed by atoms with Crippen LogP contribution in [0, 0.1) is 0 Å². The van der Waals surface area contributed by atoms with Crippen LogP contribution in [0.4, 0.5) is 11.4 Å². The first-order chi connectivity index (χ1) is 9.67. The van der Waals surface area contributed by atoms with Gasteiger partial charge in [-0.05, 0) is 25.2 Å². The monoisotopic (exact) mass is 315 g/mol. The Bertz CT molecular complexity index is 643. The second-order valence-electron chi connectivity index (χ2n) is 4.22. The Kier molecular flexibility index (Phi) is 5.11. The van der Waals surface area contributed by atoms with Crippen molar-refractivity contribution in [1.29, 1.82) is 0 Å². The van der Waals surface area contributed by atoms with Gasteiger partial charge in [0, 0.05) is 0 Å². The van der Waals surface area contributed by atoms with Gasteiger partial charge in [0.25, 0.3) is 0 Å². The zero-order valence-corrected chi connectivity index (χ0v) is 12.2. The van der Waals surface area contributed by atoms with Gasteiger partial charge in [-0.15, -0.1) is 0 Å². The van der Waals surface area contributed by atoms with Crippen molar-refractivity contribution in [2.45, 2.75) is 4.90 Å². The molecule has 0 aliphatic carbocycles. The van der Waals surface area contributed by atoms with E-state index in [1.807, 2.05) is 0 Å². The summed E-state index contributed by atoms with van der Waals surface area (Å²) in [5.74, 6) is -1.36. The summed E-state index contributed by atoms with van der Waals surface area (Å²) in [6.07, 6.45) is 0. The van der Waals surface area contributed by atoms with Gasteiger partial charge in [-0.2, -0.15) is 0 Å². The molecule has 0 atom stereocenters. The number of nitrogens with two attached hydrogens (primary N) is 3. The molecule has 0 saturated heterocycles. The van der Waals surface area contributed by atoms with Gasteiger partial charge < -0.3 is 22.1 Å². The molecule has 21 heavy (non-hydrogen) atoms. The molecule has 2 amide bonds. The standard InChI is InChI=1S/C11H17N5O4S/c1-15-21(19,20)7-2-3-9(8(12)4-7)16(5-10(13)17)6-11(14)18/h2-4,15H,5-6,12H2,1H3,(H2,13,17)(H2,14,18). The van der Waals surface area contributed by atoms with Gasteiger partial charge in [0.05, 0.1) is 29.4 Å². The third-order valence-electron chi connectivity index (χ3n) is 2.61. The highest BCUT2D eigenvalue weighted by molar-refractivity contribution is 7.89. The molecule has 0 unspecified atom stereocenters. The number of nitrogens with one attached hydrogen (secondary N) is 1. The van der Waals surface area contributed by atoms with Crippen molar-refractivity contribution in [1.82, 2.24) is 4.72 Å². The van der Waals surface area contributed by atoms with Crippen LogP contribution in [0.25, 0.3) is 0 Å². The first-order valence-electron chi connectivity index (χ1n) is 5.82. The van der Waals surface area contributed by atoms with E-state index in [0.717, 1.165) is 0 Å². The van der Waals surface area contributed by atoms with Crippen molar-refractivity contribution in [3.63, 3.8) is 0 Å². The summed E-state index contributed by atoms with van der Waals surface area (Å²) >= 11 is 0. The summed E-state index contributed by atoms with van der Waals surface area (Å²) in [5.41, 5.74) is 16.4. The predicted molar refractivity (Wildman–Crippen MR) is 77.7 cm³/mol. The Morgan fingerprint density at radius 2 is 1.71 bits per heavy atom. The fourth-order valence-corrected chi connectivity index (χ4v) is 2.47. The second-order valence-corrected chi connectivity index (χ2v) is 6.10. The Hall–Kier alpha value is -2.33. The van der Waals surface area contributed by atoms with Crippen molar-refractivity contribution in [3.8, 4) is 0 Å². The third-order valence-corrected chi connectivity index (χ3v) is 4.02. The number of carbonyl (C=O) groups excluding carboxylic acids is 2. The molecule has 9 nitrogen and oxygen atoms in total. The number of carbonyl (C=O) groups is 2. The van der Waals surface area contributed by atoms with Crippen molar-refractivity contribution in [3.05, 3.63) is 18.2 Å². The summed E-state index contributed by atoms with van der Waals surface area (Å²) in [7, 11) is -2.37. The Balaban J connectivity index is 3.22. The molecule has 1 aromatic rings. The summed E-state index contributed by atoms with van der Waals surface area (Å²) in [6, 6.07) is 3.90. The van der Waals surface area contributed by atoms with Gasteiger partial charge in [0.15, 0.2) is 0 Å². The number of hydrogen-bond donors (Lipinski definition) is 4. The number of nitrogen functional groups attached to an aromatic ring is 1. The molecule has 0 fully saturated rings. The lowest BCUT2D eigenvalue weighted by molar-refractivity contribution is -0.117. The number of anilines is 2. The number of sulfonamides is 1. The summed E-state index contributed by atoms with van der Waals surface area (Å²) < 4.78 is 25.5. The number of amides is 2. The van der Waals surface area contributed by atoms with Crippen LogP contribution in [-0.4, -0.2) is 40.4 Å². The topological polar surface area (TPSA) is 162 Å². The molecule has 0 radical (unpaired) electrons. The summed E-state index contributed by atoms with van der Waals surface area (Å²) in [6.45, 7) is -0.545. The first-order valence-corrected chi connectivity index (χ1v) is 7.30. The van der Waals surface area contributed by atoms with Gasteiger partial charge in [-0.1, -0.05) is 0 Å². The lowest BCUT2D eigenvalue weighted by Gasteiger charge is -2.23. The zero-order valence-electron chi connectivity index (χ0n) is 11.4. The highest BCUT2D eigenvalue weighted by Crippen LogP contribution is 2.26. The van der Waals surface area contributed by atoms with Crippen molar-refractivity contribution in [2.24, 2.45) is 11.5 Å². The number of hydrogen-bond acceptors (Lipinski definition) is 6. The quantitative estimate of drug-likeness (QED) is 0.423. The Labute approximate surface area is 122 Å². The average Bonchev–Trinajstić information content (AvgIpc) is 2.36. The van der Waals surface area contributed by atoms with Gasteiger partial charge in [-0.25, -0.2) is 13.1 Å². The van der Waals surface area contributed by atoms with Crippen molar-refractivity contribution < 1.29 is 18.0 Å². The van der Waals surface area contributed by atoms with E-state index < -0.39 is 21.8 Å². The molecule has 10 heteroatoms. The fourth-order valence-electron chi connectivity index (χ4n) is 1.71. The van der Waals surface area contributed by atoms with Crippen LogP contribution in [0.1, 0.15) is 0 Å². The van der Waals surface area contributed by atoms with Crippen LogP contribution < -0.4 is 26.8 Å². The van der Waals surface area contributed by atoms with Crippen molar-refractivity contribution in [2.75, 3.05) is 30.8 Å². The Morgan fingerprint density at radius 3 is 2.10 bits per heavy atom. The molecule has 7 N–H and O–H groups in total.